The zero-order chi connectivity index (χ0) is 31.2. The Morgan fingerprint density at radius 1 is 0.333 bits per heavy atom. The number of unbranched alkanes of at least 4 members (excludes halogenated alkanes) is 18. The SMILES string of the molecule is CCCCCCCCCC(CCCCCCCCCC(OC)(OC)OC)CCCCCCCCCC(OC)(OC)OC. The van der Waals surface area contributed by atoms with Crippen LogP contribution in [0.25, 0.3) is 0 Å². The van der Waals surface area contributed by atoms with Crippen LogP contribution in [-0.4, -0.2) is 54.6 Å². The van der Waals surface area contributed by atoms with E-state index in [2.05, 4.69) is 6.92 Å². The highest BCUT2D eigenvalue weighted by atomic mass is 16.9. The molecule has 6 nitrogen and oxygen atoms in total. The molecule has 0 heterocycles. The summed E-state index contributed by atoms with van der Waals surface area (Å²) in [5.74, 6) is -0.787. The second-order valence-electron chi connectivity index (χ2n) is 12.4. The van der Waals surface area contributed by atoms with Crippen molar-refractivity contribution in [2.24, 2.45) is 5.92 Å². The molecule has 0 unspecified atom stereocenters. The maximum Gasteiger partial charge on any atom is 0.282 e. The monoisotopic (exact) mass is 603 g/mol. The first kappa shape index (κ1) is 41.8. The van der Waals surface area contributed by atoms with Gasteiger partial charge in [0.15, 0.2) is 0 Å². The van der Waals surface area contributed by atoms with Crippen LogP contribution in [0.3, 0.4) is 0 Å². The summed E-state index contributed by atoms with van der Waals surface area (Å²) in [4.78, 5) is 0. The molecule has 0 radical (unpaired) electrons. The van der Waals surface area contributed by atoms with Crippen LogP contribution >= 0.6 is 0 Å². The van der Waals surface area contributed by atoms with Gasteiger partial charge in [0, 0.05) is 55.5 Å². The van der Waals surface area contributed by atoms with Gasteiger partial charge in [-0.05, 0) is 18.8 Å². The molecular weight excluding hydrogens is 528 g/mol. The Bertz CT molecular complexity index is 480. The molecule has 0 saturated carbocycles. The van der Waals surface area contributed by atoms with Crippen molar-refractivity contribution in [1.82, 2.24) is 0 Å². The van der Waals surface area contributed by atoms with E-state index in [0.717, 1.165) is 31.6 Å². The molecule has 0 bridgehead atoms. The van der Waals surface area contributed by atoms with Gasteiger partial charge in [0.2, 0.25) is 0 Å². The summed E-state index contributed by atoms with van der Waals surface area (Å²) < 4.78 is 32.4. The van der Waals surface area contributed by atoms with Gasteiger partial charge in [0.25, 0.3) is 11.9 Å². The fourth-order valence-electron chi connectivity index (χ4n) is 6.25. The van der Waals surface area contributed by atoms with Gasteiger partial charge >= 0.3 is 0 Å². The molecule has 254 valence electrons. The van der Waals surface area contributed by atoms with E-state index in [9.17, 15) is 0 Å². The minimum absolute atomic E-state index is 0.786. The van der Waals surface area contributed by atoms with Crippen molar-refractivity contribution in [1.29, 1.82) is 0 Å². The largest absolute Gasteiger partial charge is 0.331 e. The molecule has 42 heavy (non-hydrogen) atoms. The molecule has 6 heteroatoms. The lowest BCUT2D eigenvalue weighted by Crippen LogP contribution is -2.35. The van der Waals surface area contributed by atoms with Crippen LogP contribution in [0.2, 0.25) is 0 Å². The van der Waals surface area contributed by atoms with Crippen LogP contribution in [0.1, 0.15) is 174 Å². The molecule has 0 aliphatic rings. The summed E-state index contributed by atoms with van der Waals surface area (Å²) in [5.41, 5.74) is 0. The van der Waals surface area contributed by atoms with E-state index in [-0.39, 0.29) is 0 Å². The number of rotatable bonds is 34. The van der Waals surface area contributed by atoms with E-state index < -0.39 is 11.9 Å². The lowest BCUT2D eigenvalue weighted by Gasteiger charge is -2.28. The minimum atomic E-state index is -0.864. The van der Waals surface area contributed by atoms with Crippen LogP contribution in [0, 0.1) is 5.92 Å². The maximum atomic E-state index is 5.40. The van der Waals surface area contributed by atoms with Gasteiger partial charge in [0.05, 0.1) is 0 Å². The van der Waals surface area contributed by atoms with Crippen molar-refractivity contribution in [3.05, 3.63) is 0 Å². The van der Waals surface area contributed by atoms with Gasteiger partial charge in [0.1, 0.15) is 0 Å². The zero-order valence-electron chi connectivity index (χ0n) is 29.4. The molecule has 0 aromatic carbocycles. The summed E-state index contributed by atoms with van der Waals surface area (Å²) in [6, 6.07) is 0. The zero-order valence-corrected chi connectivity index (χ0v) is 29.4. The highest BCUT2D eigenvalue weighted by Crippen LogP contribution is 2.26. The predicted molar refractivity (Wildman–Crippen MR) is 177 cm³/mol. The molecule has 0 rings (SSSR count). The molecule has 0 fully saturated rings. The lowest BCUT2D eigenvalue weighted by atomic mass is 9.89. The first-order chi connectivity index (χ1) is 20.5. The normalized spacial score (nSPS) is 12.6. The average Bonchev–Trinajstić information content (AvgIpc) is 3.02. The Balaban J connectivity index is 4.11. The van der Waals surface area contributed by atoms with E-state index >= 15 is 0 Å². The van der Waals surface area contributed by atoms with Gasteiger partial charge in [-0.1, -0.05) is 148 Å². The van der Waals surface area contributed by atoms with Crippen molar-refractivity contribution >= 4 is 0 Å². The summed E-state index contributed by atoms with van der Waals surface area (Å²) in [5, 5.41) is 0. The molecule has 0 atom stereocenters. The van der Waals surface area contributed by atoms with E-state index in [0.29, 0.717) is 0 Å². The van der Waals surface area contributed by atoms with E-state index in [1.807, 2.05) is 0 Å². The van der Waals surface area contributed by atoms with E-state index in [1.54, 1.807) is 42.7 Å². The predicted octanol–water partition coefficient (Wildman–Crippen LogP) is 11.0. The van der Waals surface area contributed by atoms with Crippen molar-refractivity contribution in [2.45, 2.75) is 186 Å². The van der Waals surface area contributed by atoms with Crippen LogP contribution in [0.4, 0.5) is 0 Å². The molecule has 0 spiro atoms. The first-order valence-electron chi connectivity index (χ1n) is 17.8. The van der Waals surface area contributed by atoms with Crippen molar-refractivity contribution in [3.8, 4) is 0 Å². The molecule has 0 amide bonds. The molecule has 0 N–H and O–H groups in total. The van der Waals surface area contributed by atoms with Crippen molar-refractivity contribution < 1.29 is 28.4 Å². The molecule has 0 aromatic rings. The first-order valence-corrected chi connectivity index (χ1v) is 17.8. The summed E-state index contributed by atoms with van der Waals surface area (Å²) in [6.45, 7) is 2.30. The van der Waals surface area contributed by atoms with Crippen LogP contribution in [0.5, 0.6) is 0 Å². The highest BCUT2D eigenvalue weighted by Gasteiger charge is 2.29. The van der Waals surface area contributed by atoms with Crippen LogP contribution in [-0.2, 0) is 28.4 Å². The third-order valence-corrected chi connectivity index (χ3v) is 9.27. The van der Waals surface area contributed by atoms with Gasteiger partial charge < -0.3 is 28.4 Å². The smallest absolute Gasteiger partial charge is 0.282 e. The lowest BCUT2D eigenvalue weighted by molar-refractivity contribution is -0.355. The molecule has 0 aliphatic heterocycles. The standard InChI is InChI=1S/C36H74O6/c1-8-9-10-11-14-19-24-29-34(30-25-20-15-12-17-22-27-32-35(37-2,38-3)39-4)31-26-21-16-13-18-23-28-33-36(40-5,41-6)42-7/h34H,8-33H2,1-7H3. The summed E-state index contributed by atoms with van der Waals surface area (Å²) >= 11 is 0. The maximum absolute atomic E-state index is 5.40. The Kier molecular flexibility index (Phi) is 29.3. The minimum Gasteiger partial charge on any atom is -0.331 e. The van der Waals surface area contributed by atoms with Gasteiger partial charge in [-0.3, -0.25) is 0 Å². The third kappa shape index (κ3) is 21.5. The number of methoxy groups -OCH3 is 6. The fourth-order valence-corrected chi connectivity index (χ4v) is 6.25. The number of hydrogen-bond acceptors (Lipinski definition) is 6. The Labute approximate surface area is 262 Å². The Morgan fingerprint density at radius 3 is 0.833 bits per heavy atom. The highest BCUT2D eigenvalue weighted by molar-refractivity contribution is 4.63. The fraction of sp³-hybridized carbons (Fsp3) is 1.00. The molecular formula is C36H74O6. The van der Waals surface area contributed by atoms with E-state index in [4.69, 9.17) is 28.4 Å². The van der Waals surface area contributed by atoms with Crippen LogP contribution in [0.15, 0.2) is 0 Å². The summed E-state index contributed by atoms with van der Waals surface area (Å²) in [6.07, 6.45) is 34.0. The molecule has 0 saturated heterocycles. The molecule has 0 aliphatic carbocycles. The van der Waals surface area contributed by atoms with E-state index in [1.165, 1.54) is 141 Å². The third-order valence-electron chi connectivity index (χ3n) is 9.27. The van der Waals surface area contributed by atoms with Crippen molar-refractivity contribution in [2.75, 3.05) is 42.7 Å². The average molecular weight is 603 g/mol. The number of hydrogen-bond donors (Lipinski definition) is 0. The Hall–Kier alpha value is -0.240. The van der Waals surface area contributed by atoms with Gasteiger partial charge in [-0.2, -0.15) is 0 Å². The topological polar surface area (TPSA) is 55.4 Å². The quantitative estimate of drug-likeness (QED) is 0.0539. The van der Waals surface area contributed by atoms with Crippen molar-refractivity contribution in [3.63, 3.8) is 0 Å². The molecule has 0 aromatic heterocycles. The summed E-state index contributed by atoms with van der Waals surface area (Å²) in [7, 11) is 9.89. The van der Waals surface area contributed by atoms with Gasteiger partial charge in [-0.25, -0.2) is 0 Å². The second kappa shape index (κ2) is 29.5. The second-order valence-corrected chi connectivity index (χ2v) is 12.4. The number of ether oxygens (including phenoxy) is 6. The Morgan fingerprint density at radius 2 is 0.571 bits per heavy atom. The van der Waals surface area contributed by atoms with Crippen LogP contribution < -0.4 is 0 Å². The van der Waals surface area contributed by atoms with Gasteiger partial charge in [-0.15, -0.1) is 0 Å².